The van der Waals surface area contributed by atoms with Crippen molar-refractivity contribution in [2.45, 2.75) is 6.42 Å². The summed E-state index contributed by atoms with van der Waals surface area (Å²) in [5.41, 5.74) is -0.110. The van der Waals surface area contributed by atoms with E-state index in [1.165, 1.54) is 12.1 Å². The molecule has 15 heavy (non-hydrogen) atoms. The average molecular weight is 248 g/mol. The van der Waals surface area contributed by atoms with Gasteiger partial charge in [-0.05, 0) is 24.3 Å². The third-order valence-electron chi connectivity index (χ3n) is 1.68. The molecule has 1 aromatic carbocycles. The van der Waals surface area contributed by atoms with E-state index in [4.69, 9.17) is 16.3 Å². The van der Waals surface area contributed by atoms with E-state index in [1.807, 2.05) is 0 Å². The molecule has 0 aliphatic rings. The monoisotopic (exact) mass is 247 g/mol. The molecule has 1 rings (SSSR count). The van der Waals surface area contributed by atoms with E-state index in [0.717, 1.165) is 6.42 Å². The van der Waals surface area contributed by atoms with Gasteiger partial charge in [0.2, 0.25) is 0 Å². The highest BCUT2D eigenvalue weighted by Gasteiger charge is 2.15. The molecular formula is C9H10ClNO3S. The molecule has 4 nitrogen and oxygen atoms in total. The van der Waals surface area contributed by atoms with E-state index in [-0.39, 0.29) is 11.4 Å². The van der Waals surface area contributed by atoms with Crippen LogP contribution in [0.1, 0.15) is 6.42 Å². The van der Waals surface area contributed by atoms with Crippen molar-refractivity contribution in [3.8, 4) is 5.75 Å². The van der Waals surface area contributed by atoms with Crippen LogP contribution in [-0.2, 0) is 0 Å². The molecule has 82 valence electrons. The van der Waals surface area contributed by atoms with Crippen LogP contribution < -0.4 is 4.74 Å². The number of nitro benzene ring substituents is 1. The van der Waals surface area contributed by atoms with Crippen molar-refractivity contribution in [2.24, 2.45) is 0 Å². The number of rotatable bonds is 5. The van der Waals surface area contributed by atoms with E-state index >= 15 is 0 Å². The number of ether oxygens (including phenoxy) is 1. The lowest BCUT2D eigenvalue weighted by Crippen LogP contribution is -2.00. The number of nitro groups is 1. The number of hydrogen-bond donors (Lipinski definition) is 1. The molecule has 0 amide bonds. The van der Waals surface area contributed by atoms with Gasteiger partial charge in [-0.1, -0.05) is 11.6 Å². The maximum atomic E-state index is 10.7. The Morgan fingerprint density at radius 2 is 2.27 bits per heavy atom. The molecular weight excluding hydrogens is 238 g/mol. The van der Waals surface area contributed by atoms with Crippen LogP contribution in [0.25, 0.3) is 0 Å². The van der Waals surface area contributed by atoms with Crippen LogP contribution in [0.3, 0.4) is 0 Å². The van der Waals surface area contributed by atoms with Crippen LogP contribution >= 0.6 is 24.2 Å². The van der Waals surface area contributed by atoms with Crippen molar-refractivity contribution in [3.63, 3.8) is 0 Å². The predicted molar refractivity (Wildman–Crippen MR) is 62.1 cm³/mol. The number of benzene rings is 1. The average Bonchev–Trinajstić information content (AvgIpc) is 2.20. The fourth-order valence-electron chi connectivity index (χ4n) is 1.00. The third-order valence-corrected chi connectivity index (χ3v) is 2.23. The molecule has 0 spiro atoms. The second-order valence-electron chi connectivity index (χ2n) is 2.79. The Kier molecular flexibility index (Phi) is 4.71. The lowest BCUT2D eigenvalue weighted by atomic mass is 10.3. The summed E-state index contributed by atoms with van der Waals surface area (Å²) in [6.07, 6.45) is 0.739. The van der Waals surface area contributed by atoms with Gasteiger partial charge in [0.15, 0.2) is 5.75 Å². The van der Waals surface area contributed by atoms with Gasteiger partial charge in [0.25, 0.3) is 0 Å². The lowest BCUT2D eigenvalue weighted by Gasteiger charge is -2.05. The fraction of sp³-hybridized carbons (Fsp3) is 0.333. The van der Waals surface area contributed by atoms with Gasteiger partial charge in [-0.3, -0.25) is 10.1 Å². The van der Waals surface area contributed by atoms with E-state index in [1.54, 1.807) is 6.07 Å². The topological polar surface area (TPSA) is 52.4 Å². The van der Waals surface area contributed by atoms with Gasteiger partial charge in [0.1, 0.15) is 0 Å². The maximum Gasteiger partial charge on any atom is 0.312 e. The Bertz CT molecular complexity index is 359. The standard InChI is InChI=1S/C9H10ClNO3S/c10-7-2-3-9(14-4-1-5-15)8(6-7)11(12)13/h2-3,6,15H,1,4-5H2. The summed E-state index contributed by atoms with van der Waals surface area (Å²) in [6, 6.07) is 4.33. The van der Waals surface area contributed by atoms with Crippen molar-refractivity contribution < 1.29 is 9.66 Å². The SMILES string of the molecule is O=[N+]([O-])c1cc(Cl)ccc1OCCCS. The lowest BCUT2D eigenvalue weighted by molar-refractivity contribution is -0.385. The molecule has 0 saturated carbocycles. The zero-order chi connectivity index (χ0) is 11.3. The van der Waals surface area contributed by atoms with E-state index in [9.17, 15) is 10.1 Å². The molecule has 0 N–H and O–H groups in total. The van der Waals surface area contributed by atoms with Crippen LogP contribution in [-0.4, -0.2) is 17.3 Å². The number of thiol groups is 1. The van der Waals surface area contributed by atoms with Crippen molar-refractivity contribution >= 4 is 29.9 Å². The Labute approximate surface area is 97.8 Å². The second-order valence-corrected chi connectivity index (χ2v) is 3.68. The van der Waals surface area contributed by atoms with E-state index in [0.29, 0.717) is 17.4 Å². The second kappa shape index (κ2) is 5.82. The van der Waals surface area contributed by atoms with Crippen LogP contribution in [0.5, 0.6) is 5.75 Å². The molecule has 0 bridgehead atoms. The maximum absolute atomic E-state index is 10.7. The Morgan fingerprint density at radius 3 is 2.87 bits per heavy atom. The van der Waals surface area contributed by atoms with Gasteiger partial charge in [0.05, 0.1) is 11.5 Å². The minimum Gasteiger partial charge on any atom is -0.487 e. The highest BCUT2D eigenvalue weighted by Crippen LogP contribution is 2.29. The van der Waals surface area contributed by atoms with Gasteiger partial charge in [-0.2, -0.15) is 12.6 Å². The zero-order valence-corrected chi connectivity index (χ0v) is 9.50. The predicted octanol–water partition coefficient (Wildman–Crippen LogP) is 2.95. The van der Waals surface area contributed by atoms with Gasteiger partial charge >= 0.3 is 5.69 Å². The molecule has 0 aliphatic carbocycles. The minimum absolute atomic E-state index is 0.110. The zero-order valence-electron chi connectivity index (χ0n) is 7.85. The van der Waals surface area contributed by atoms with Gasteiger partial charge < -0.3 is 4.74 Å². The largest absolute Gasteiger partial charge is 0.487 e. The first-order valence-corrected chi connectivity index (χ1v) is 5.34. The fourth-order valence-corrected chi connectivity index (χ4v) is 1.30. The van der Waals surface area contributed by atoms with Crippen LogP contribution in [0, 0.1) is 10.1 Å². The molecule has 0 aliphatic heterocycles. The normalized spacial score (nSPS) is 10.0. The first-order valence-electron chi connectivity index (χ1n) is 4.32. The quantitative estimate of drug-likeness (QED) is 0.377. The molecule has 0 fully saturated rings. The molecule has 0 radical (unpaired) electrons. The Morgan fingerprint density at radius 1 is 1.53 bits per heavy atom. The molecule has 0 heterocycles. The van der Waals surface area contributed by atoms with Crippen molar-refractivity contribution in [1.29, 1.82) is 0 Å². The first kappa shape index (κ1) is 12.1. The summed E-state index contributed by atoms with van der Waals surface area (Å²) in [4.78, 5) is 10.1. The third kappa shape index (κ3) is 3.60. The molecule has 0 unspecified atom stereocenters. The summed E-state index contributed by atoms with van der Waals surface area (Å²) in [5, 5.41) is 11.0. The summed E-state index contributed by atoms with van der Waals surface area (Å²) >= 11 is 9.66. The van der Waals surface area contributed by atoms with Gasteiger partial charge in [-0.15, -0.1) is 0 Å². The molecule has 0 aromatic heterocycles. The summed E-state index contributed by atoms with van der Waals surface area (Å²) in [7, 11) is 0. The molecule has 0 saturated heterocycles. The van der Waals surface area contributed by atoms with Crippen molar-refractivity contribution in [1.82, 2.24) is 0 Å². The molecule has 0 atom stereocenters. The van der Waals surface area contributed by atoms with Crippen LogP contribution in [0.2, 0.25) is 5.02 Å². The summed E-state index contributed by atoms with van der Waals surface area (Å²) < 4.78 is 5.24. The highest BCUT2D eigenvalue weighted by molar-refractivity contribution is 7.80. The highest BCUT2D eigenvalue weighted by atomic mass is 35.5. The Hall–Kier alpha value is -0.940. The van der Waals surface area contributed by atoms with Crippen molar-refractivity contribution in [3.05, 3.63) is 33.3 Å². The van der Waals surface area contributed by atoms with Gasteiger partial charge in [-0.25, -0.2) is 0 Å². The first-order chi connectivity index (χ1) is 7.15. The van der Waals surface area contributed by atoms with Crippen molar-refractivity contribution in [2.75, 3.05) is 12.4 Å². The van der Waals surface area contributed by atoms with Crippen LogP contribution in [0.4, 0.5) is 5.69 Å². The summed E-state index contributed by atoms with van der Waals surface area (Å²) in [6.45, 7) is 0.409. The molecule has 6 heteroatoms. The molecule has 1 aromatic rings. The minimum atomic E-state index is -0.512. The summed E-state index contributed by atoms with van der Waals surface area (Å²) in [5.74, 6) is 0.924. The smallest absolute Gasteiger partial charge is 0.312 e. The Balaban J connectivity index is 2.81. The number of nitrogens with zero attached hydrogens (tertiary/aromatic N) is 1. The van der Waals surface area contributed by atoms with E-state index in [2.05, 4.69) is 12.6 Å². The van der Waals surface area contributed by atoms with Gasteiger partial charge in [0, 0.05) is 11.1 Å². The van der Waals surface area contributed by atoms with Crippen LogP contribution in [0.15, 0.2) is 18.2 Å². The number of halogens is 1. The van der Waals surface area contributed by atoms with E-state index < -0.39 is 4.92 Å². The number of hydrogen-bond acceptors (Lipinski definition) is 4.